The van der Waals surface area contributed by atoms with Gasteiger partial charge in [-0.15, -0.1) is 0 Å². The number of hydrogen-bond acceptors (Lipinski definition) is 5. The van der Waals surface area contributed by atoms with Crippen LogP contribution in [-0.2, 0) is 9.59 Å². The number of Topliss-reactive ketones (excluding diaryl/α,β-unsaturated/α-hetero) is 1. The number of methoxy groups -OCH3 is 1. The van der Waals surface area contributed by atoms with Gasteiger partial charge in [0.1, 0.15) is 11.8 Å². The molecule has 0 N–H and O–H groups in total. The fraction of sp³-hybridized carbons (Fsp3) is 0.308. The topological polar surface area (TPSA) is 84.0 Å². The van der Waals surface area contributed by atoms with Gasteiger partial charge in [-0.2, -0.15) is 5.01 Å². The number of ketones is 1. The van der Waals surface area contributed by atoms with Crippen molar-refractivity contribution in [2.45, 2.75) is 32.7 Å². The van der Waals surface area contributed by atoms with E-state index >= 15 is 0 Å². The van der Waals surface area contributed by atoms with Crippen LogP contribution in [0.5, 0.6) is 5.75 Å². The molecule has 0 aromatic heterocycles. The molecule has 4 rings (SSSR count). The van der Waals surface area contributed by atoms with Gasteiger partial charge in [0.15, 0.2) is 5.78 Å². The second-order valence-electron chi connectivity index (χ2n) is 8.59. The largest absolute Gasteiger partial charge is 0.497 e. The molecule has 34 heavy (non-hydrogen) atoms. The molecule has 0 saturated carbocycles. The van der Waals surface area contributed by atoms with E-state index in [1.807, 2.05) is 13.0 Å². The van der Waals surface area contributed by atoms with Crippen molar-refractivity contribution in [3.8, 4) is 5.75 Å². The van der Waals surface area contributed by atoms with Crippen molar-refractivity contribution in [2.24, 2.45) is 11.8 Å². The molecule has 0 radical (unpaired) electrons. The third-order valence-corrected chi connectivity index (χ3v) is 6.78. The predicted octanol–water partition coefficient (Wildman–Crippen LogP) is 4.32. The van der Waals surface area contributed by atoms with Gasteiger partial charge >= 0.3 is 0 Å². The number of imide groups is 1. The number of carbonyl (C=O) groups excluding carboxylic acids is 4. The maximum atomic E-state index is 13.7. The van der Waals surface area contributed by atoms with Crippen LogP contribution in [0.15, 0.2) is 60.2 Å². The lowest BCUT2D eigenvalue weighted by Gasteiger charge is -2.35. The first-order valence-corrected chi connectivity index (χ1v) is 11.4. The average Bonchev–Trinajstić information content (AvgIpc) is 3.08. The van der Waals surface area contributed by atoms with Crippen LogP contribution in [0, 0.1) is 11.8 Å². The van der Waals surface area contributed by atoms with E-state index in [-0.39, 0.29) is 10.6 Å². The lowest BCUT2D eigenvalue weighted by Crippen LogP contribution is -2.56. The number of allylic oxidation sites excluding steroid dienone is 2. The Morgan fingerprint density at radius 1 is 1.06 bits per heavy atom. The fourth-order valence-corrected chi connectivity index (χ4v) is 4.75. The van der Waals surface area contributed by atoms with Crippen LogP contribution in [0.1, 0.15) is 47.4 Å². The molecule has 7 nitrogen and oxygen atoms in total. The molecule has 176 valence electrons. The Morgan fingerprint density at radius 2 is 1.71 bits per heavy atom. The van der Waals surface area contributed by atoms with Crippen LogP contribution in [-0.4, -0.2) is 46.7 Å². The molecule has 1 heterocycles. The Kier molecular flexibility index (Phi) is 6.57. The normalized spacial score (nSPS) is 20.5. The minimum Gasteiger partial charge on any atom is -0.497 e. The third-order valence-electron chi connectivity index (χ3n) is 6.45. The summed E-state index contributed by atoms with van der Waals surface area (Å²) in [5, 5.41) is 2.02. The van der Waals surface area contributed by atoms with E-state index in [1.165, 1.54) is 20.1 Å². The number of halogens is 1. The number of hydrogen-bond donors (Lipinski definition) is 0. The summed E-state index contributed by atoms with van der Waals surface area (Å²) in [5.41, 5.74) is 1.44. The smallest absolute Gasteiger partial charge is 0.275 e. The Labute approximate surface area is 202 Å². The highest BCUT2D eigenvalue weighted by Gasteiger charge is 2.53. The predicted molar refractivity (Wildman–Crippen MR) is 126 cm³/mol. The van der Waals surface area contributed by atoms with Gasteiger partial charge in [0.2, 0.25) is 0 Å². The first kappa shape index (κ1) is 23.7. The molecule has 0 spiro atoms. The first-order valence-electron chi connectivity index (χ1n) is 11.0. The standard InChI is InChI=1S/C26H25ClN2O5/c1-15-8-13-19-21(14-15)26(33)29(24(19)31)28(25(32)20-6-4-5-7-22(20)27)16(2)23(30)17-9-11-18(34-3)12-10-17/h4-12,16,19,21H,13-14H2,1-3H3/t16-,19+,21-/m0/s1. The van der Waals surface area contributed by atoms with Crippen molar-refractivity contribution in [1.29, 1.82) is 0 Å². The minimum atomic E-state index is -1.14. The van der Waals surface area contributed by atoms with Gasteiger partial charge in [0, 0.05) is 5.56 Å². The second kappa shape index (κ2) is 9.43. The Balaban J connectivity index is 1.75. The summed E-state index contributed by atoms with van der Waals surface area (Å²) in [6, 6.07) is 11.6. The van der Waals surface area contributed by atoms with Gasteiger partial charge in [0.25, 0.3) is 17.7 Å². The summed E-state index contributed by atoms with van der Waals surface area (Å²) in [6.45, 7) is 3.42. The third kappa shape index (κ3) is 4.12. The lowest BCUT2D eigenvalue weighted by atomic mass is 9.82. The monoisotopic (exact) mass is 480 g/mol. The van der Waals surface area contributed by atoms with E-state index in [0.717, 1.165) is 15.6 Å². The van der Waals surface area contributed by atoms with Gasteiger partial charge < -0.3 is 4.74 Å². The van der Waals surface area contributed by atoms with Crippen molar-refractivity contribution in [3.63, 3.8) is 0 Å². The first-order chi connectivity index (χ1) is 16.2. The zero-order valence-corrected chi connectivity index (χ0v) is 19.9. The zero-order chi connectivity index (χ0) is 24.6. The van der Waals surface area contributed by atoms with E-state index in [4.69, 9.17) is 16.3 Å². The van der Waals surface area contributed by atoms with Crippen molar-refractivity contribution in [3.05, 3.63) is 76.3 Å². The Morgan fingerprint density at radius 3 is 2.35 bits per heavy atom. The summed E-state index contributed by atoms with van der Waals surface area (Å²) in [6.07, 6.45) is 2.81. The van der Waals surface area contributed by atoms with Crippen molar-refractivity contribution in [1.82, 2.24) is 10.0 Å². The van der Waals surface area contributed by atoms with E-state index in [1.54, 1.807) is 42.5 Å². The molecule has 2 aromatic carbocycles. The van der Waals surface area contributed by atoms with E-state index in [0.29, 0.717) is 24.2 Å². The van der Waals surface area contributed by atoms with E-state index in [9.17, 15) is 19.2 Å². The summed E-state index contributed by atoms with van der Waals surface area (Å²) in [5.74, 6) is -2.60. The second-order valence-corrected chi connectivity index (χ2v) is 9.00. The Hall–Kier alpha value is -3.45. The number of rotatable bonds is 6. The van der Waals surface area contributed by atoms with Crippen molar-refractivity contribution in [2.75, 3.05) is 7.11 Å². The maximum Gasteiger partial charge on any atom is 0.275 e. The van der Waals surface area contributed by atoms with Crippen LogP contribution < -0.4 is 4.74 Å². The van der Waals surface area contributed by atoms with Gasteiger partial charge in [-0.25, -0.2) is 5.01 Å². The molecule has 1 aliphatic heterocycles. The highest BCUT2D eigenvalue weighted by molar-refractivity contribution is 6.34. The molecule has 2 aliphatic rings. The molecule has 1 fully saturated rings. The average molecular weight is 481 g/mol. The summed E-state index contributed by atoms with van der Waals surface area (Å²) >= 11 is 6.28. The van der Waals surface area contributed by atoms with Crippen LogP contribution in [0.3, 0.4) is 0 Å². The molecule has 3 amide bonds. The van der Waals surface area contributed by atoms with Crippen LogP contribution in [0.25, 0.3) is 0 Å². The molecular weight excluding hydrogens is 456 g/mol. The number of nitrogens with zero attached hydrogens (tertiary/aromatic N) is 2. The number of fused-ring (bicyclic) bond motifs is 1. The molecule has 2 aromatic rings. The fourth-order valence-electron chi connectivity index (χ4n) is 4.54. The van der Waals surface area contributed by atoms with Crippen LogP contribution in [0.2, 0.25) is 5.02 Å². The van der Waals surface area contributed by atoms with Gasteiger partial charge in [-0.1, -0.05) is 35.4 Å². The maximum absolute atomic E-state index is 13.7. The number of hydrazine groups is 1. The quantitative estimate of drug-likeness (QED) is 0.349. The number of ether oxygens (including phenoxy) is 1. The molecule has 1 aliphatic carbocycles. The zero-order valence-electron chi connectivity index (χ0n) is 19.2. The van der Waals surface area contributed by atoms with Crippen molar-refractivity contribution >= 4 is 35.1 Å². The van der Waals surface area contributed by atoms with Crippen LogP contribution >= 0.6 is 11.6 Å². The summed E-state index contributed by atoms with van der Waals surface area (Å²) in [7, 11) is 1.52. The number of carbonyl (C=O) groups is 4. The highest BCUT2D eigenvalue weighted by atomic mass is 35.5. The van der Waals surface area contributed by atoms with Crippen molar-refractivity contribution < 1.29 is 23.9 Å². The minimum absolute atomic E-state index is 0.100. The molecule has 8 heteroatoms. The van der Waals surface area contributed by atoms with Gasteiger partial charge in [-0.05, 0) is 63.1 Å². The van der Waals surface area contributed by atoms with E-state index < -0.39 is 41.4 Å². The number of benzene rings is 2. The van der Waals surface area contributed by atoms with Gasteiger partial charge in [0.05, 0.1) is 29.5 Å². The van der Waals surface area contributed by atoms with Crippen LogP contribution in [0.4, 0.5) is 0 Å². The molecule has 0 bridgehead atoms. The summed E-state index contributed by atoms with van der Waals surface area (Å²) in [4.78, 5) is 53.9. The van der Waals surface area contributed by atoms with E-state index in [2.05, 4.69) is 0 Å². The Bertz CT molecular complexity index is 1190. The van der Waals surface area contributed by atoms with Gasteiger partial charge in [-0.3, -0.25) is 19.2 Å². The highest BCUT2D eigenvalue weighted by Crippen LogP contribution is 2.39. The summed E-state index contributed by atoms with van der Waals surface area (Å²) < 4.78 is 5.15. The lowest BCUT2D eigenvalue weighted by molar-refractivity contribution is -0.156. The number of amides is 3. The molecule has 1 saturated heterocycles. The molecule has 0 unspecified atom stereocenters. The molecule has 3 atom stereocenters. The molecular formula is C26H25ClN2O5. The SMILES string of the molecule is COc1ccc(C(=O)[C@H](C)N(C(=O)c2ccccc2Cl)N2C(=O)[C@H]3CC(C)=CC[C@H]3C2=O)cc1.